The van der Waals surface area contributed by atoms with E-state index in [1.54, 1.807) is 12.0 Å². The number of methoxy groups -OCH3 is 1. The fraction of sp³-hybridized carbons (Fsp3) is 0.277. The molecule has 5 atom stereocenters. The van der Waals surface area contributed by atoms with Crippen molar-refractivity contribution in [2.75, 3.05) is 23.5 Å². The number of hydrogen-bond acceptors (Lipinski definition) is 7. The number of para-hydroxylation sites is 1. The average molecular weight is 792 g/mol. The van der Waals surface area contributed by atoms with Crippen LogP contribution >= 0.6 is 0 Å². The highest BCUT2D eigenvalue weighted by Crippen LogP contribution is 2.60. The van der Waals surface area contributed by atoms with Gasteiger partial charge in [-0.05, 0) is 65.6 Å². The molecule has 0 radical (unpaired) electrons. The maximum atomic E-state index is 15.4. The summed E-state index contributed by atoms with van der Waals surface area (Å²) >= 11 is 0. The zero-order chi connectivity index (χ0) is 40.4. The number of hydrogen-bond donors (Lipinski definition) is 1. The molecule has 5 aromatic carbocycles. The topological polar surface area (TPSA) is 110 Å². The van der Waals surface area contributed by atoms with Crippen molar-refractivity contribution in [1.29, 1.82) is 0 Å². The number of fused-ring (bicyclic) bond motifs is 2. The Hall–Kier alpha value is -5.88. The summed E-state index contributed by atoms with van der Waals surface area (Å²) in [6.45, 7) is 7.70. The van der Waals surface area contributed by atoms with Crippen molar-refractivity contribution in [2.24, 2.45) is 5.92 Å². The Labute approximate surface area is 340 Å². The lowest BCUT2D eigenvalue weighted by atomic mass is 9.82. The van der Waals surface area contributed by atoms with Crippen molar-refractivity contribution in [3.63, 3.8) is 0 Å². The Morgan fingerprint density at radius 1 is 0.914 bits per heavy atom. The van der Waals surface area contributed by atoms with Crippen molar-refractivity contribution in [3.8, 4) is 5.75 Å². The van der Waals surface area contributed by atoms with Crippen molar-refractivity contribution in [2.45, 2.75) is 62.7 Å². The quantitative estimate of drug-likeness (QED) is 0.0897. The number of aliphatic hydroxyl groups excluding tert-OH is 1. The molecule has 1 N–H and O–H groups in total. The second-order valence-corrected chi connectivity index (χ2v) is 20.6. The van der Waals surface area contributed by atoms with E-state index in [1.165, 1.54) is 5.19 Å². The molecule has 2 amide bonds. The minimum absolute atomic E-state index is 0.00757. The number of ether oxygens (including phenoxy) is 2. The smallest absolute Gasteiger partial charge is 0.264 e. The molecular formula is C47H49N5O5Si. The molecule has 3 heterocycles. The van der Waals surface area contributed by atoms with Gasteiger partial charge in [0.25, 0.3) is 5.91 Å². The van der Waals surface area contributed by atoms with E-state index in [1.807, 2.05) is 137 Å². The maximum absolute atomic E-state index is 15.4. The van der Waals surface area contributed by atoms with Gasteiger partial charge in [-0.3, -0.25) is 19.2 Å². The van der Waals surface area contributed by atoms with Crippen LogP contribution in [-0.4, -0.2) is 60.3 Å². The van der Waals surface area contributed by atoms with Crippen LogP contribution in [0, 0.1) is 5.92 Å². The first-order valence-electron chi connectivity index (χ1n) is 19.9. The van der Waals surface area contributed by atoms with Crippen molar-refractivity contribution in [1.82, 2.24) is 15.0 Å². The molecule has 1 saturated heterocycles. The number of carbonyl (C=O) groups excluding carboxylic acids is 2. The lowest BCUT2D eigenvalue weighted by Crippen LogP contribution is -2.51. The number of carbonyl (C=O) groups is 2. The summed E-state index contributed by atoms with van der Waals surface area (Å²) in [5.41, 5.74) is 4.27. The summed E-state index contributed by atoms with van der Waals surface area (Å²) in [6, 6.07) is 43.6. The lowest BCUT2D eigenvalue weighted by Gasteiger charge is -2.37. The largest absolute Gasteiger partial charge is 0.497 e. The SMILES string of the molecule is COc1ccc([Si](C)(C)[C@@H]2[C@@H](CCn3cc(C(CO)c4ccccc4)nn3)O[C@]3(C(=O)N(Cc4ccccc4)c4ccc(N(C=O)c5ccccc5)cc43)[C@H]2C)cc1. The van der Waals surface area contributed by atoms with E-state index in [0.717, 1.165) is 40.2 Å². The number of aromatic nitrogens is 3. The molecule has 8 rings (SSSR count). The van der Waals surface area contributed by atoms with Crippen LogP contribution < -0.4 is 19.7 Å². The number of nitrogens with zero attached hydrogens (tertiary/aromatic N) is 5. The van der Waals surface area contributed by atoms with Crippen molar-refractivity contribution >= 4 is 42.6 Å². The fourth-order valence-electron chi connectivity index (χ4n) is 9.40. The van der Waals surface area contributed by atoms with Gasteiger partial charge in [0.2, 0.25) is 6.41 Å². The van der Waals surface area contributed by atoms with Crippen LogP contribution in [0.2, 0.25) is 18.6 Å². The predicted molar refractivity (Wildman–Crippen MR) is 228 cm³/mol. The molecule has 0 aliphatic carbocycles. The first kappa shape index (κ1) is 39.0. The van der Waals surface area contributed by atoms with Gasteiger partial charge < -0.3 is 19.5 Å². The molecule has 11 heteroatoms. The van der Waals surface area contributed by atoms with E-state index in [0.29, 0.717) is 30.9 Å². The van der Waals surface area contributed by atoms with Gasteiger partial charge in [0, 0.05) is 35.6 Å². The molecular weight excluding hydrogens is 743 g/mol. The maximum Gasteiger partial charge on any atom is 0.264 e. The number of benzene rings is 5. The molecule has 10 nitrogen and oxygen atoms in total. The van der Waals surface area contributed by atoms with Gasteiger partial charge in [0.1, 0.15) is 5.75 Å². The van der Waals surface area contributed by atoms with Crippen LogP contribution in [-0.2, 0) is 33.0 Å². The predicted octanol–water partition coefficient (Wildman–Crippen LogP) is 7.56. The van der Waals surface area contributed by atoms with Gasteiger partial charge in [0.15, 0.2) is 5.60 Å². The summed E-state index contributed by atoms with van der Waals surface area (Å²) in [6.07, 6.45) is 2.97. The van der Waals surface area contributed by atoms with E-state index in [-0.39, 0.29) is 36.0 Å². The Bertz CT molecular complexity index is 2360. The van der Waals surface area contributed by atoms with Gasteiger partial charge in [-0.25, -0.2) is 0 Å². The molecule has 296 valence electrons. The van der Waals surface area contributed by atoms with Crippen LogP contribution in [0.5, 0.6) is 5.75 Å². The molecule has 0 saturated carbocycles. The zero-order valence-electron chi connectivity index (χ0n) is 33.3. The first-order valence-corrected chi connectivity index (χ1v) is 23.0. The monoisotopic (exact) mass is 791 g/mol. The summed E-state index contributed by atoms with van der Waals surface area (Å²) in [4.78, 5) is 31.7. The highest BCUT2D eigenvalue weighted by atomic mass is 28.3. The number of aryl methyl sites for hydroxylation is 1. The number of aliphatic hydroxyl groups is 1. The molecule has 58 heavy (non-hydrogen) atoms. The molecule has 1 unspecified atom stereocenters. The standard InChI is InChI=1S/C47H49N5O5Si/c1-33-45(58(3,4)39-23-21-38(56-2)22-24-39)44(26-27-50-30-42(48-49-50)40(31-53)35-16-10-6-11-17-35)57-47(33)41-28-37(52(32-54)36-18-12-7-13-19-36)20-25-43(41)51(46(47)55)29-34-14-8-5-9-15-34/h5-25,28,30,32-33,40,44-45,53H,26-27,29,31H2,1-4H3/t33-,40?,44+,45-,47+/m0/s1. The van der Waals surface area contributed by atoms with E-state index in [4.69, 9.17) is 9.47 Å². The summed E-state index contributed by atoms with van der Waals surface area (Å²) in [7, 11) is -0.769. The zero-order valence-corrected chi connectivity index (χ0v) is 34.3. The Morgan fingerprint density at radius 2 is 1.59 bits per heavy atom. The van der Waals surface area contributed by atoms with E-state index in [9.17, 15) is 9.90 Å². The van der Waals surface area contributed by atoms with Gasteiger partial charge in [0.05, 0.1) is 51.7 Å². The van der Waals surface area contributed by atoms with Gasteiger partial charge in [-0.2, -0.15) is 0 Å². The third-order valence-corrected chi connectivity index (χ3v) is 16.7. The van der Waals surface area contributed by atoms with Crippen LogP contribution in [0.4, 0.5) is 17.1 Å². The van der Waals surface area contributed by atoms with Crippen LogP contribution in [0.1, 0.15) is 41.6 Å². The highest BCUT2D eigenvalue weighted by Gasteiger charge is 2.66. The molecule has 1 aromatic heterocycles. The van der Waals surface area contributed by atoms with Gasteiger partial charge in [-0.15, -0.1) is 5.10 Å². The second-order valence-electron chi connectivity index (χ2n) is 15.9. The van der Waals surface area contributed by atoms with E-state index >= 15 is 4.79 Å². The molecule has 1 spiro atoms. The van der Waals surface area contributed by atoms with Gasteiger partial charge >= 0.3 is 0 Å². The molecule has 2 aliphatic rings. The Morgan fingerprint density at radius 3 is 2.24 bits per heavy atom. The molecule has 1 fully saturated rings. The van der Waals surface area contributed by atoms with Crippen LogP contribution in [0.25, 0.3) is 0 Å². The van der Waals surface area contributed by atoms with E-state index < -0.39 is 13.7 Å². The Balaban J connectivity index is 1.21. The van der Waals surface area contributed by atoms with Crippen molar-refractivity contribution in [3.05, 3.63) is 162 Å². The lowest BCUT2D eigenvalue weighted by molar-refractivity contribution is -0.146. The second kappa shape index (κ2) is 16.2. The minimum atomic E-state index is -2.44. The fourth-order valence-corrected chi connectivity index (χ4v) is 13.5. The Kier molecular flexibility index (Phi) is 10.9. The number of amides is 2. The third kappa shape index (κ3) is 6.93. The number of anilines is 3. The van der Waals surface area contributed by atoms with Crippen LogP contribution in [0.15, 0.2) is 140 Å². The minimum Gasteiger partial charge on any atom is -0.497 e. The summed E-state index contributed by atoms with van der Waals surface area (Å²) in [5, 5.41) is 20.6. The highest BCUT2D eigenvalue weighted by molar-refractivity contribution is 6.91. The molecule has 2 aliphatic heterocycles. The normalized spacial score (nSPS) is 20.6. The summed E-state index contributed by atoms with van der Waals surface area (Å²) in [5.74, 6) is 0.151. The first-order chi connectivity index (χ1) is 28.2. The summed E-state index contributed by atoms with van der Waals surface area (Å²) < 4.78 is 14.8. The van der Waals surface area contributed by atoms with Gasteiger partial charge in [-0.1, -0.05) is 121 Å². The van der Waals surface area contributed by atoms with E-state index in [2.05, 4.69) is 42.5 Å². The van der Waals surface area contributed by atoms with Crippen LogP contribution in [0.3, 0.4) is 0 Å². The third-order valence-electron chi connectivity index (χ3n) is 12.4. The molecule has 0 bridgehead atoms. The average Bonchev–Trinajstić information content (AvgIpc) is 3.92. The molecule has 6 aromatic rings. The van der Waals surface area contributed by atoms with Crippen molar-refractivity contribution < 1.29 is 24.2 Å². The number of rotatable bonds is 14.